The third-order valence-corrected chi connectivity index (χ3v) is 3.41. The molecule has 20 heavy (non-hydrogen) atoms. The molecule has 0 saturated carbocycles. The van der Waals surface area contributed by atoms with Crippen molar-refractivity contribution < 1.29 is 4.79 Å². The van der Waals surface area contributed by atoms with Crippen LogP contribution < -0.4 is 5.73 Å². The summed E-state index contributed by atoms with van der Waals surface area (Å²) in [6.07, 6.45) is 1.81. The molecule has 0 radical (unpaired) electrons. The van der Waals surface area contributed by atoms with Crippen molar-refractivity contribution >= 4 is 16.7 Å². The zero-order valence-electron chi connectivity index (χ0n) is 12.0. The fourth-order valence-corrected chi connectivity index (χ4v) is 2.37. The average Bonchev–Trinajstić information content (AvgIpc) is 2.50. The molecule has 0 aliphatic heterocycles. The van der Waals surface area contributed by atoms with Crippen LogP contribution in [0.1, 0.15) is 30.1 Å². The summed E-state index contributed by atoms with van der Waals surface area (Å²) in [6, 6.07) is 14.0. The second-order valence-electron chi connectivity index (χ2n) is 5.00. The number of hydrogen-bond donors (Lipinski definition) is 1. The molecule has 0 saturated heterocycles. The summed E-state index contributed by atoms with van der Waals surface area (Å²) in [4.78, 5) is 14.5. The summed E-state index contributed by atoms with van der Waals surface area (Å²) >= 11 is 0. The molecule has 3 heteroatoms. The largest absolute Gasteiger partial charge is 0.339 e. The Hall–Kier alpha value is -1.87. The van der Waals surface area contributed by atoms with Crippen molar-refractivity contribution in [1.29, 1.82) is 0 Å². The molecule has 106 valence electrons. The van der Waals surface area contributed by atoms with Crippen LogP contribution in [0.2, 0.25) is 0 Å². The van der Waals surface area contributed by atoms with Gasteiger partial charge >= 0.3 is 0 Å². The number of fused-ring (bicyclic) bond motifs is 1. The maximum Gasteiger partial charge on any atom is 0.253 e. The van der Waals surface area contributed by atoms with Crippen molar-refractivity contribution in [2.24, 2.45) is 5.73 Å². The first-order valence-corrected chi connectivity index (χ1v) is 7.24. The lowest BCUT2D eigenvalue weighted by molar-refractivity contribution is 0.0755. The van der Waals surface area contributed by atoms with E-state index in [1.165, 1.54) is 0 Å². The predicted octanol–water partition coefficient (Wildman–Crippen LogP) is 3.04. The lowest BCUT2D eigenvalue weighted by Gasteiger charge is -2.22. The standard InChI is InChI=1S/C17H22N2O/c1-2-11-19(12-5-10-18)17(20)16-9-8-14-6-3-4-7-15(14)13-16/h3-4,6-9,13H,2,5,10-12,18H2,1H3. The van der Waals surface area contributed by atoms with E-state index in [9.17, 15) is 4.79 Å². The molecule has 0 spiro atoms. The highest BCUT2D eigenvalue weighted by molar-refractivity contribution is 5.98. The Morgan fingerprint density at radius 3 is 2.55 bits per heavy atom. The fraction of sp³-hybridized carbons (Fsp3) is 0.353. The molecular weight excluding hydrogens is 248 g/mol. The fourth-order valence-electron chi connectivity index (χ4n) is 2.37. The van der Waals surface area contributed by atoms with Crippen molar-refractivity contribution in [3.8, 4) is 0 Å². The van der Waals surface area contributed by atoms with E-state index >= 15 is 0 Å². The van der Waals surface area contributed by atoms with Gasteiger partial charge in [-0.3, -0.25) is 4.79 Å². The van der Waals surface area contributed by atoms with Gasteiger partial charge in [-0.15, -0.1) is 0 Å². The first-order chi connectivity index (χ1) is 9.76. The third-order valence-electron chi connectivity index (χ3n) is 3.41. The molecule has 0 atom stereocenters. The number of nitrogens with two attached hydrogens (primary N) is 1. The number of hydrogen-bond acceptors (Lipinski definition) is 2. The van der Waals surface area contributed by atoms with Crippen molar-refractivity contribution in [3.05, 3.63) is 48.0 Å². The summed E-state index contributed by atoms with van der Waals surface area (Å²) in [7, 11) is 0. The van der Waals surface area contributed by atoms with Gasteiger partial charge < -0.3 is 10.6 Å². The SMILES string of the molecule is CCCN(CCCN)C(=O)c1ccc2ccccc2c1. The average molecular weight is 270 g/mol. The number of amides is 1. The van der Waals surface area contributed by atoms with E-state index in [-0.39, 0.29) is 5.91 Å². The molecule has 2 aromatic carbocycles. The van der Waals surface area contributed by atoms with Crippen molar-refractivity contribution in [1.82, 2.24) is 4.90 Å². The summed E-state index contributed by atoms with van der Waals surface area (Å²) in [5.74, 6) is 0.103. The van der Waals surface area contributed by atoms with Crippen molar-refractivity contribution in [2.75, 3.05) is 19.6 Å². The van der Waals surface area contributed by atoms with Crippen LogP contribution in [-0.4, -0.2) is 30.4 Å². The van der Waals surface area contributed by atoms with Crippen LogP contribution in [0, 0.1) is 0 Å². The number of benzene rings is 2. The van der Waals surface area contributed by atoms with Gasteiger partial charge in [0.15, 0.2) is 0 Å². The summed E-state index contributed by atoms with van der Waals surface area (Å²) in [5, 5.41) is 2.27. The van der Waals surface area contributed by atoms with E-state index < -0.39 is 0 Å². The van der Waals surface area contributed by atoms with Gasteiger partial charge in [-0.05, 0) is 42.3 Å². The van der Waals surface area contributed by atoms with Gasteiger partial charge in [0, 0.05) is 18.7 Å². The van der Waals surface area contributed by atoms with E-state index in [1.54, 1.807) is 0 Å². The molecule has 2 N–H and O–H groups in total. The Labute approximate surface area is 120 Å². The van der Waals surface area contributed by atoms with E-state index in [4.69, 9.17) is 5.73 Å². The molecule has 0 unspecified atom stereocenters. The minimum Gasteiger partial charge on any atom is -0.339 e. The second kappa shape index (κ2) is 7.06. The van der Waals surface area contributed by atoms with E-state index in [1.807, 2.05) is 41.3 Å². The first-order valence-electron chi connectivity index (χ1n) is 7.24. The molecule has 0 bridgehead atoms. The molecule has 2 rings (SSSR count). The molecule has 0 aliphatic rings. The van der Waals surface area contributed by atoms with Crippen LogP contribution >= 0.6 is 0 Å². The lowest BCUT2D eigenvalue weighted by Crippen LogP contribution is -2.33. The summed E-state index contributed by atoms with van der Waals surface area (Å²) in [5.41, 5.74) is 6.31. The summed E-state index contributed by atoms with van der Waals surface area (Å²) < 4.78 is 0. The van der Waals surface area contributed by atoms with Crippen LogP contribution in [0.4, 0.5) is 0 Å². The maximum absolute atomic E-state index is 12.6. The first kappa shape index (κ1) is 14.5. The van der Waals surface area contributed by atoms with Crippen LogP contribution in [0.5, 0.6) is 0 Å². The Morgan fingerprint density at radius 1 is 1.10 bits per heavy atom. The topological polar surface area (TPSA) is 46.3 Å². The van der Waals surface area contributed by atoms with Gasteiger partial charge in [-0.1, -0.05) is 37.3 Å². The number of carbonyl (C=O) groups excluding carboxylic acids is 1. The van der Waals surface area contributed by atoms with Crippen molar-refractivity contribution in [2.45, 2.75) is 19.8 Å². The van der Waals surface area contributed by atoms with Gasteiger partial charge in [0.1, 0.15) is 0 Å². The van der Waals surface area contributed by atoms with Gasteiger partial charge in [-0.2, -0.15) is 0 Å². The smallest absolute Gasteiger partial charge is 0.253 e. The van der Waals surface area contributed by atoms with Crippen LogP contribution in [0.25, 0.3) is 10.8 Å². The van der Waals surface area contributed by atoms with Crippen LogP contribution in [-0.2, 0) is 0 Å². The highest BCUT2D eigenvalue weighted by Gasteiger charge is 2.14. The van der Waals surface area contributed by atoms with Crippen LogP contribution in [0.3, 0.4) is 0 Å². The third kappa shape index (κ3) is 3.36. The highest BCUT2D eigenvalue weighted by Crippen LogP contribution is 2.17. The minimum atomic E-state index is 0.103. The zero-order chi connectivity index (χ0) is 14.4. The van der Waals surface area contributed by atoms with Gasteiger partial charge in [0.05, 0.1) is 0 Å². The number of rotatable bonds is 6. The zero-order valence-corrected chi connectivity index (χ0v) is 12.0. The van der Waals surface area contributed by atoms with E-state index in [2.05, 4.69) is 13.0 Å². The second-order valence-corrected chi connectivity index (χ2v) is 5.00. The number of carbonyl (C=O) groups is 1. The molecule has 1 amide bonds. The van der Waals surface area contributed by atoms with Crippen molar-refractivity contribution in [3.63, 3.8) is 0 Å². The Balaban J connectivity index is 2.23. The Bertz CT molecular complexity index is 580. The number of nitrogens with zero attached hydrogens (tertiary/aromatic N) is 1. The van der Waals surface area contributed by atoms with Gasteiger partial charge in [-0.25, -0.2) is 0 Å². The van der Waals surface area contributed by atoms with Gasteiger partial charge in [0.2, 0.25) is 0 Å². The predicted molar refractivity (Wildman–Crippen MR) is 83.8 cm³/mol. The molecule has 0 aliphatic carbocycles. The summed E-state index contributed by atoms with van der Waals surface area (Å²) in [6.45, 7) is 4.22. The molecule has 0 aromatic heterocycles. The molecule has 0 heterocycles. The molecule has 2 aromatic rings. The minimum absolute atomic E-state index is 0.103. The molecule has 0 fully saturated rings. The monoisotopic (exact) mass is 270 g/mol. The van der Waals surface area contributed by atoms with Gasteiger partial charge in [0.25, 0.3) is 5.91 Å². The van der Waals surface area contributed by atoms with Crippen LogP contribution in [0.15, 0.2) is 42.5 Å². The lowest BCUT2D eigenvalue weighted by atomic mass is 10.1. The quantitative estimate of drug-likeness (QED) is 0.877. The molecular formula is C17H22N2O. The highest BCUT2D eigenvalue weighted by atomic mass is 16.2. The van der Waals surface area contributed by atoms with E-state index in [0.29, 0.717) is 6.54 Å². The molecule has 3 nitrogen and oxygen atoms in total. The van der Waals surface area contributed by atoms with E-state index in [0.717, 1.165) is 42.3 Å². The normalized spacial score (nSPS) is 10.7. The Kier molecular flexibility index (Phi) is 5.13. The maximum atomic E-state index is 12.6. The Morgan fingerprint density at radius 2 is 1.85 bits per heavy atom.